The number of rotatable bonds is 6. The molecular formula is C17H21Cl2N3OS. The third-order valence-corrected chi connectivity index (χ3v) is 5.26. The summed E-state index contributed by atoms with van der Waals surface area (Å²) in [7, 11) is 0. The molecule has 0 fully saturated rings. The van der Waals surface area contributed by atoms with Gasteiger partial charge in [0.2, 0.25) is 0 Å². The maximum atomic E-state index is 12.0. The summed E-state index contributed by atoms with van der Waals surface area (Å²) in [6, 6.07) is 4.81. The molecule has 24 heavy (non-hydrogen) atoms. The Bertz CT molecular complexity index is 703. The number of benzene rings is 1. The number of carbonyl (C=O) groups excluding carboxylic acids is 1. The Hall–Kier alpha value is -1.30. The number of halogens is 2. The molecule has 1 heterocycles. The van der Waals surface area contributed by atoms with Gasteiger partial charge in [0.15, 0.2) is 0 Å². The average Bonchev–Trinajstić information content (AvgIpc) is 2.96. The van der Waals surface area contributed by atoms with E-state index in [0.29, 0.717) is 28.9 Å². The molecule has 1 unspecified atom stereocenters. The molecule has 0 radical (unpaired) electrons. The Kier molecular flexibility index (Phi) is 6.90. The van der Waals surface area contributed by atoms with Gasteiger partial charge in [-0.3, -0.25) is 0 Å². The minimum Gasteiger partial charge on any atom is -0.338 e. The summed E-state index contributed by atoms with van der Waals surface area (Å²) in [5.41, 5.74) is 1.84. The predicted molar refractivity (Wildman–Crippen MR) is 101 cm³/mol. The van der Waals surface area contributed by atoms with Crippen molar-refractivity contribution in [2.45, 2.75) is 39.2 Å². The highest BCUT2D eigenvalue weighted by Crippen LogP contribution is 2.26. The van der Waals surface area contributed by atoms with Gasteiger partial charge in [-0.15, -0.1) is 11.3 Å². The second-order valence-corrected chi connectivity index (χ2v) is 7.60. The smallest absolute Gasteiger partial charge is 0.315 e. The van der Waals surface area contributed by atoms with E-state index < -0.39 is 0 Å². The van der Waals surface area contributed by atoms with E-state index in [0.717, 1.165) is 16.3 Å². The zero-order valence-electron chi connectivity index (χ0n) is 13.9. The van der Waals surface area contributed by atoms with Crippen molar-refractivity contribution in [1.82, 2.24) is 15.6 Å². The summed E-state index contributed by atoms with van der Waals surface area (Å²) in [5.74, 6) is 0.435. The van der Waals surface area contributed by atoms with E-state index in [9.17, 15) is 4.79 Å². The highest BCUT2D eigenvalue weighted by molar-refractivity contribution is 7.09. The molecule has 0 aliphatic heterocycles. The van der Waals surface area contributed by atoms with Crippen molar-refractivity contribution >= 4 is 40.6 Å². The Morgan fingerprint density at radius 1 is 1.29 bits per heavy atom. The second kappa shape index (κ2) is 8.70. The van der Waals surface area contributed by atoms with Crippen LogP contribution in [0.15, 0.2) is 23.6 Å². The molecule has 2 aromatic rings. The van der Waals surface area contributed by atoms with Gasteiger partial charge in [0, 0.05) is 34.3 Å². The lowest BCUT2D eigenvalue weighted by atomic mass is 10.1. The minimum atomic E-state index is -0.229. The van der Waals surface area contributed by atoms with Crippen molar-refractivity contribution in [3.05, 3.63) is 49.9 Å². The number of thiazole rings is 1. The fraction of sp³-hybridized carbons (Fsp3) is 0.412. The molecule has 0 bridgehead atoms. The first-order chi connectivity index (χ1) is 11.4. The number of aromatic nitrogens is 1. The van der Waals surface area contributed by atoms with Gasteiger partial charge in [-0.2, -0.15) is 0 Å². The van der Waals surface area contributed by atoms with Crippen LogP contribution in [0.5, 0.6) is 0 Å². The van der Waals surface area contributed by atoms with E-state index in [1.165, 1.54) is 0 Å². The van der Waals surface area contributed by atoms with Gasteiger partial charge < -0.3 is 10.6 Å². The fourth-order valence-electron chi connectivity index (χ4n) is 2.18. The van der Waals surface area contributed by atoms with E-state index >= 15 is 0 Å². The normalized spacial score (nSPS) is 12.2. The van der Waals surface area contributed by atoms with Crippen molar-refractivity contribution in [3.63, 3.8) is 0 Å². The maximum absolute atomic E-state index is 12.0. The number of hydrogen-bond donors (Lipinski definition) is 2. The first-order valence-electron chi connectivity index (χ1n) is 7.80. The molecule has 1 atom stereocenters. The molecule has 1 aromatic heterocycles. The molecule has 7 heteroatoms. The molecule has 2 rings (SSSR count). The van der Waals surface area contributed by atoms with Crippen molar-refractivity contribution < 1.29 is 4.79 Å². The number of nitrogens with zero attached hydrogens (tertiary/aromatic N) is 1. The van der Waals surface area contributed by atoms with E-state index in [1.807, 2.05) is 18.4 Å². The average molecular weight is 386 g/mol. The molecular weight excluding hydrogens is 365 g/mol. The highest BCUT2D eigenvalue weighted by Gasteiger charge is 2.13. The zero-order valence-corrected chi connectivity index (χ0v) is 16.2. The van der Waals surface area contributed by atoms with Gasteiger partial charge in [-0.25, -0.2) is 9.78 Å². The molecule has 1 aromatic carbocycles. The summed E-state index contributed by atoms with van der Waals surface area (Å²) in [5, 5.41) is 10.0. The standard InChI is InChI=1S/C17H21Cl2N3OS/c1-10(2)16-22-13(9-24-16)6-7-20-17(23)21-11(3)14-5-4-12(18)8-15(14)19/h4-5,8-11H,6-7H2,1-3H3,(H2,20,21,23). The van der Waals surface area contributed by atoms with Gasteiger partial charge in [0.05, 0.1) is 16.7 Å². The molecule has 0 spiro atoms. The molecule has 0 aliphatic carbocycles. The lowest BCUT2D eigenvalue weighted by Crippen LogP contribution is -2.38. The van der Waals surface area contributed by atoms with Crippen LogP contribution in [-0.2, 0) is 6.42 Å². The minimum absolute atomic E-state index is 0.207. The van der Waals surface area contributed by atoms with E-state index in [4.69, 9.17) is 23.2 Å². The third-order valence-electron chi connectivity index (χ3n) is 3.51. The van der Waals surface area contributed by atoms with Crippen LogP contribution in [-0.4, -0.2) is 17.6 Å². The first-order valence-corrected chi connectivity index (χ1v) is 9.44. The SMILES string of the molecule is CC(C)c1nc(CCNC(=O)NC(C)c2ccc(Cl)cc2Cl)cs1. The summed E-state index contributed by atoms with van der Waals surface area (Å²) in [4.78, 5) is 16.6. The summed E-state index contributed by atoms with van der Waals surface area (Å²) in [6.07, 6.45) is 0.715. The largest absolute Gasteiger partial charge is 0.338 e. The molecule has 130 valence electrons. The summed E-state index contributed by atoms with van der Waals surface area (Å²) >= 11 is 13.7. The van der Waals surface area contributed by atoms with Gasteiger partial charge in [0.1, 0.15) is 0 Å². The van der Waals surface area contributed by atoms with Gasteiger partial charge in [-0.05, 0) is 24.6 Å². The van der Waals surface area contributed by atoms with Crippen LogP contribution in [0.1, 0.15) is 49.0 Å². The van der Waals surface area contributed by atoms with Gasteiger partial charge >= 0.3 is 6.03 Å². The maximum Gasteiger partial charge on any atom is 0.315 e. The molecule has 0 saturated carbocycles. The Morgan fingerprint density at radius 3 is 2.67 bits per heavy atom. The molecule has 0 saturated heterocycles. The Morgan fingerprint density at radius 2 is 2.04 bits per heavy atom. The Labute approximate surface area is 156 Å². The number of nitrogens with one attached hydrogen (secondary N) is 2. The second-order valence-electron chi connectivity index (χ2n) is 5.87. The third kappa shape index (κ3) is 5.36. The summed E-state index contributed by atoms with van der Waals surface area (Å²) in [6.45, 7) is 6.66. The first kappa shape index (κ1) is 19.0. The number of amides is 2. The zero-order chi connectivity index (χ0) is 17.7. The molecule has 2 N–H and O–H groups in total. The van der Waals surface area contributed by atoms with Crippen LogP contribution in [0.4, 0.5) is 4.79 Å². The van der Waals surface area contributed by atoms with E-state index in [1.54, 1.807) is 23.5 Å². The molecule has 2 amide bonds. The number of hydrogen-bond acceptors (Lipinski definition) is 3. The fourth-order valence-corrected chi connectivity index (χ4v) is 3.63. The van der Waals surface area contributed by atoms with Crippen LogP contribution in [0.2, 0.25) is 10.0 Å². The quantitative estimate of drug-likeness (QED) is 0.719. The lowest BCUT2D eigenvalue weighted by Gasteiger charge is -2.16. The van der Waals surface area contributed by atoms with Crippen molar-refractivity contribution in [2.24, 2.45) is 0 Å². The molecule has 4 nitrogen and oxygen atoms in total. The number of carbonyl (C=O) groups is 1. The highest BCUT2D eigenvalue weighted by atomic mass is 35.5. The van der Waals surface area contributed by atoms with E-state index in [-0.39, 0.29) is 12.1 Å². The van der Waals surface area contributed by atoms with Crippen LogP contribution in [0.25, 0.3) is 0 Å². The lowest BCUT2D eigenvalue weighted by molar-refractivity contribution is 0.238. The van der Waals surface area contributed by atoms with Crippen LogP contribution >= 0.6 is 34.5 Å². The van der Waals surface area contributed by atoms with Crippen LogP contribution in [0.3, 0.4) is 0 Å². The van der Waals surface area contributed by atoms with Crippen molar-refractivity contribution in [3.8, 4) is 0 Å². The topological polar surface area (TPSA) is 54.0 Å². The van der Waals surface area contributed by atoms with Crippen LogP contribution < -0.4 is 10.6 Å². The van der Waals surface area contributed by atoms with Gasteiger partial charge in [0.25, 0.3) is 0 Å². The Balaban J connectivity index is 1.80. The molecule has 0 aliphatic rings. The van der Waals surface area contributed by atoms with Gasteiger partial charge in [-0.1, -0.05) is 43.1 Å². The monoisotopic (exact) mass is 385 g/mol. The number of urea groups is 1. The van der Waals surface area contributed by atoms with Crippen LogP contribution in [0, 0.1) is 0 Å². The van der Waals surface area contributed by atoms with Crippen molar-refractivity contribution in [1.29, 1.82) is 0 Å². The van der Waals surface area contributed by atoms with Crippen molar-refractivity contribution in [2.75, 3.05) is 6.54 Å². The predicted octanol–water partition coefficient (Wildman–Crippen LogP) is 5.18. The summed E-state index contributed by atoms with van der Waals surface area (Å²) < 4.78 is 0. The van der Waals surface area contributed by atoms with E-state index in [2.05, 4.69) is 29.5 Å².